The van der Waals surface area contributed by atoms with E-state index in [9.17, 15) is 5.26 Å². The zero-order chi connectivity index (χ0) is 22.9. The molecule has 2 aliphatic rings. The van der Waals surface area contributed by atoms with Crippen LogP contribution in [0.15, 0.2) is 70.3 Å². The number of nitriles is 1. The van der Waals surface area contributed by atoms with Crippen molar-refractivity contribution in [2.24, 2.45) is 12.5 Å². The van der Waals surface area contributed by atoms with Gasteiger partial charge >= 0.3 is 0 Å². The third-order valence-corrected chi connectivity index (χ3v) is 7.54. The predicted octanol–water partition coefficient (Wildman–Crippen LogP) is 7.16. The molecule has 4 aromatic rings. The monoisotopic (exact) mass is 431 g/mol. The first-order chi connectivity index (χ1) is 15.9. The second kappa shape index (κ2) is 6.93. The summed E-state index contributed by atoms with van der Waals surface area (Å²) in [5, 5.41) is 12.2. The molecule has 0 radical (unpaired) electrons. The first-order valence-electron chi connectivity index (χ1n) is 11.7. The van der Waals surface area contributed by atoms with E-state index in [2.05, 4.69) is 81.1 Å². The van der Waals surface area contributed by atoms with Gasteiger partial charge in [-0.05, 0) is 61.1 Å². The average molecular weight is 432 g/mol. The zero-order valence-electron chi connectivity index (χ0n) is 19.6. The molecule has 2 heterocycles. The Morgan fingerprint density at radius 1 is 0.970 bits per heavy atom. The molecule has 0 amide bonds. The van der Waals surface area contributed by atoms with Crippen LogP contribution in [0.5, 0.6) is 0 Å². The number of hydrogen-bond acceptors (Lipinski definition) is 2. The highest BCUT2D eigenvalue weighted by Crippen LogP contribution is 2.53. The normalized spacial score (nSPS) is 17.0. The molecule has 0 N–H and O–H groups in total. The lowest BCUT2D eigenvalue weighted by atomic mass is 9.86. The van der Waals surface area contributed by atoms with Crippen molar-refractivity contribution in [3.63, 3.8) is 0 Å². The molecule has 162 valence electrons. The van der Waals surface area contributed by atoms with Crippen molar-refractivity contribution in [3.05, 3.63) is 82.6 Å². The Kier molecular flexibility index (Phi) is 4.20. The number of pyridine rings is 1. The van der Waals surface area contributed by atoms with Crippen molar-refractivity contribution in [1.29, 1.82) is 5.26 Å². The molecule has 0 saturated heterocycles. The number of rotatable bonds is 2. The minimum Gasteiger partial charge on any atom is -0.454 e. The second-order valence-corrected chi connectivity index (χ2v) is 10.00. The van der Waals surface area contributed by atoms with Gasteiger partial charge in [0, 0.05) is 33.9 Å². The largest absolute Gasteiger partial charge is 0.454 e. The van der Waals surface area contributed by atoms with Gasteiger partial charge < -0.3 is 4.42 Å². The van der Waals surface area contributed by atoms with Gasteiger partial charge in [-0.1, -0.05) is 37.6 Å². The summed E-state index contributed by atoms with van der Waals surface area (Å²) in [6.07, 6.45) is 7.85. The summed E-state index contributed by atoms with van der Waals surface area (Å²) in [7, 11) is 2.06. The minimum absolute atomic E-state index is 0.0294. The standard InChI is InChI=1S/C30H27N2O/c1-18-11-13-21-22-14-12-19(17-31)27(23-16-30(2,3)24-9-7-8-20(23)24)29(22)33-28(21)26(18)25-10-5-6-15-32(25)4/h5-6,10-16H,7-9H2,1-4H3/q+1. The first kappa shape index (κ1) is 20.0. The Morgan fingerprint density at radius 2 is 1.73 bits per heavy atom. The Balaban J connectivity index is 1.72. The third kappa shape index (κ3) is 2.77. The van der Waals surface area contributed by atoms with Gasteiger partial charge in [0.1, 0.15) is 18.2 Å². The molecular weight excluding hydrogens is 404 g/mol. The molecule has 0 bridgehead atoms. The molecule has 0 fully saturated rings. The summed E-state index contributed by atoms with van der Waals surface area (Å²) in [6.45, 7) is 6.72. The molecule has 3 heteroatoms. The number of fused-ring (bicyclic) bond motifs is 3. The number of furan rings is 1. The van der Waals surface area contributed by atoms with Crippen molar-refractivity contribution in [2.45, 2.75) is 40.0 Å². The van der Waals surface area contributed by atoms with E-state index in [1.807, 2.05) is 12.1 Å². The summed E-state index contributed by atoms with van der Waals surface area (Å²) < 4.78 is 8.88. The van der Waals surface area contributed by atoms with Crippen LogP contribution in [0.4, 0.5) is 0 Å². The van der Waals surface area contributed by atoms with Crippen LogP contribution in [0.1, 0.15) is 49.8 Å². The molecule has 0 unspecified atom stereocenters. The van der Waals surface area contributed by atoms with Crippen molar-refractivity contribution in [3.8, 4) is 17.3 Å². The lowest BCUT2D eigenvalue weighted by Gasteiger charge is -2.18. The van der Waals surface area contributed by atoms with Crippen LogP contribution < -0.4 is 4.57 Å². The van der Waals surface area contributed by atoms with E-state index in [1.54, 1.807) is 0 Å². The first-order valence-corrected chi connectivity index (χ1v) is 11.7. The van der Waals surface area contributed by atoms with Crippen molar-refractivity contribution in [2.75, 3.05) is 0 Å². The zero-order valence-corrected chi connectivity index (χ0v) is 19.6. The number of allylic oxidation sites excluding steroid dienone is 4. The van der Waals surface area contributed by atoms with Gasteiger partial charge in [-0.3, -0.25) is 0 Å². The Hall–Kier alpha value is -3.64. The fourth-order valence-corrected chi connectivity index (χ4v) is 5.97. The molecule has 6 rings (SSSR count). The maximum atomic E-state index is 10.1. The maximum absolute atomic E-state index is 10.1. The lowest BCUT2D eigenvalue weighted by Crippen LogP contribution is -2.30. The van der Waals surface area contributed by atoms with Crippen LogP contribution in [0.2, 0.25) is 0 Å². The molecule has 2 aromatic heterocycles. The van der Waals surface area contributed by atoms with E-state index >= 15 is 0 Å². The summed E-state index contributed by atoms with van der Waals surface area (Å²) in [4.78, 5) is 0. The Morgan fingerprint density at radius 3 is 2.48 bits per heavy atom. The maximum Gasteiger partial charge on any atom is 0.216 e. The molecule has 0 atom stereocenters. The highest BCUT2D eigenvalue weighted by atomic mass is 16.3. The minimum atomic E-state index is 0.0294. The molecule has 33 heavy (non-hydrogen) atoms. The van der Waals surface area contributed by atoms with Crippen LogP contribution in [0.25, 0.3) is 38.8 Å². The number of aromatic nitrogens is 1. The second-order valence-electron chi connectivity index (χ2n) is 10.00. The van der Waals surface area contributed by atoms with Crippen molar-refractivity contribution in [1.82, 2.24) is 0 Å². The molecule has 0 aliphatic heterocycles. The summed E-state index contributed by atoms with van der Waals surface area (Å²) >= 11 is 0. The van der Waals surface area contributed by atoms with E-state index in [0.29, 0.717) is 5.56 Å². The van der Waals surface area contributed by atoms with Gasteiger partial charge in [0.25, 0.3) is 0 Å². The van der Waals surface area contributed by atoms with Gasteiger partial charge in [0.05, 0.1) is 17.2 Å². The molecule has 0 saturated carbocycles. The number of nitrogens with zero attached hydrogens (tertiary/aromatic N) is 2. The van der Waals surface area contributed by atoms with Gasteiger partial charge in [-0.2, -0.15) is 5.26 Å². The van der Waals surface area contributed by atoms with Crippen LogP contribution in [-0.4, -0.2) is 0 Å². The van der Waals surface area contributed by atoms with Crippen LogP contribution in [0, 0.1) is 23.7 Å². The van der Waals surface area contributed by atoms with E-state index in [0.717, 1.165) is 51.6 Å². The topological polar surface area (TPSA) is 40.8 Å². The summed E-state index contributed by atoms with van der Waals surface area (Å²) in [5.74, 6) is 0. The van der Waals surface area contributed by atoms with E-state index in [4.69, 9.17) is 4.42 Å². The fourth-order valence-electron chi connectivity index (χ4n) is 5.97. The Labute approximate surface area is 194 Å². The Bertz CT molecular complexity index is 1590. The van der Waals surface area contributed by atoms with E-state index < -0.39 is 0 Å². The average Bonchev–Trinajstić information content (AvgIpc) is 3.48. The summed E-state index contributed by atoms with van der Waals surface area (Å²) in [6, 6.07) is 17.0. The SMILES string of the molecule is Cc1ccc2c(oc3c(C4=CC(C)(C)C5=C4CCC5)c(C#N)ccc32)c1-c1cccc[n+]1C. The molecule has 2 aromatic carbocycles. The fraction of sp³-hybridized carbons (Fsp3) is 0.267. The quantitative estimate of drug-likeness (QED) is 0.316. The van der Waals surface area contributed by atoms with Crippen molar-refractivity contribution >= 4 is 27.5 Å². The van der Waals surface area contributed by atoms with Crippen molar-refractivity contribution < 1.29 is 8.98 Å². The summed E-state index contributed by atoms with van der Waals surface area (Å²) in [5.41, 5.74) is 11.0. The van der Waals surface area contributed by atoms with Crippen LogP contribution in [-0.2, 0) is 7.05 Å². The highest BCUT2D eigenvalue weighted by molar-refractivity contribution is 6.13. The molecule has 3 nitrogen and oxygen atoms in total. The van der Waals surface area contributed by atoms with Crippen LogP contribution in [0.3, 0.4) is 0 Å². The molecule has 0 spiro atoms. The molecule has 2 aliphatic carbocycles. The number of benzene rings is 2. The number of aryl methyl sites for hydroxylation is 2. The molecular formula is C30H27N2O+. The highest BCUT2D eigenvalue weighted by Gasteiger charge is 2.37. The van der Waals surface area contributed by atoms with Crippen LogP contribution >= 0.6 is 0 Å². The van der Waals surface area contributed by atoms with Gasteiger partial charge in [-0.15, -0.1) is 0 Å². The van der Waals surface area contributed by atoms with Gasteiger partial charge in [-0.25, -0.2) is 4.57 Å². The number of hydrogen-bond donors (Lipinski definition) is 0. The van der Waals surface area contributed by atoms with E-state index in [-0.39, 0.29) is 5.41 Å². The smallest absolute Gasteiger partial charge is 0.216 e. The van der Waals surface area contributed by atoms with Gasteiger partial charge in [0.2, 0.25) is 5.69 Å². The third-order valence-electron chi connectivity index (χ3n) is 7.54. The predicted molar refractivity (Wildman–Crippen MR) is 132 cm³/mol. The van der Waals surface area contributed by atoms with E-state index in [1.165, 1.54) is 28.7 Å². The lowest BCUT2D eigenvalue weighted by molar-refractivity contribution is -0.660. The van der Waals surface area contributed by atoms with Gasteiger partial charge in [0.15, 0.2) is 6.20 Å².